The maximum Gasteiger partial charge on any atom is 0.252 e. The van der Waals surface area contributed by atoms with E-state index in [-0.39, 0.29) is 26.7 Å². The highest BCUT2D eigenvalue weighted by atomic mass is 35.5. The maximum absolute atomic E-state index is 11.8. The van der Waals surface area contributed by atoms with E-state index >= 15 is 0 Å². The number of nitrogens with zero attached hydrogens (tertiary/aromatic N) is 1. The maximum atomic E-state index is 11.8. The van der Waals surface area contributed by atoms with Gasteiger partial charge in [0.2, 0.25) is 10.0 Å². The van der Waals surface area contributed by atoms with E-state index < -0.39 is 20.0 Å². The Balaban J connectivity index is 2.76. The quantitative estimate of drug-likeness (QED) is 0.758. The molecule has 11 heteroatoms. The molecule has 0 spiro atoms. The van der Waals surface area contributed by atoms with E-state index in [4.69, 9.17) is 11.6 Å². The number of rotatable bonds is 6. The van der Waals surface area contributed by atoms with Crippen LogP contribution in [0.2, 0.25) is 4.47 Å². The zero-order valence-electron chi connectivity index (χ0n) is 9.60. The van der Waals surface area contributed by atoms with Gasteiger partial charge in [0.25, 0.3) is 10.0 Å². The van der Waals surface area contributed by atoms with Crippen LogP contribution in [0.3, 0.4) is 0 Å². The molecule has 1 aromatic rings. The van der Waals surface area contributed by atoms with E-state index in [1.54, 1.807) is 0 Å². The lowest BCUT2D eigenvalue weighted by Gasteiger charge is -2.05. The van der Waals surface area contributed by atoms with Gasteiger partial charge < -0.3 is 0 Å². The third-order valence-corrected chi connectivity index (χ3v) is 6.64. The number of hydrogen-bond acceptors (Lipinski definition) is 6. The fraction of sp³-hybridized carbons (Fsp3) is 0.571. The minimum absolute atomic E-state index is 0.00523. The molecule has 1 aromatic heterocycles. The Bertz CT molecular complexity index is 622. The normalized spacial score (nSPS) is 12.8. The molecular formula is C7H12ClN3O4S3. The molecule has 0 aliphatic heterocycles. The molecule has 104 valence electrons. The molecule has 0 fully saturated rings. The van der Waals surface area contributed by atoms with Gasteiger partial charge in [0.1, 0.15) is 0 Å². The first-order valence-corrected chi connectivity index (χ1v) is 9.05. The number of sulfonamides is 2. The zero-order valence-corrected chi connectivity index (χ0v) is 12.8. The van der Waals surface area contributed by atoms with Crippen LogP contribution in [0.5, 0.6) is 0 Å². The van der Waals surface area contributed by atoms with E-state index in [9.17, 15) is 16.8 Å². The zero-order chi connectivity index (χ0) is 14.0. The molecule has 0 bridgehead atoms. The van der Waals surface area contributed by atoms with Gasteiger partial charge in [-0.2, -0.15) is 0 Å². The second kappa shape index (κ2) is 5.80. The van der Waals surface area contributed by atoms with Crippen molar-refractivity contribution in [1.29, 1.82) is 0 Å². The second-order valence-electron chi connectivity index (χ2n) is 3.26. The summed E-state index contributed by atoms with van der Waals surface area (Å²) >= 11 is 6.43. The average molecular weight is 334 g/mol. The van der Waals surface area contributed by atoms with Crippen LogP contribution in [-0.4, -0.2) is 41.2 Å². The van der Waals surface area contributed by atoms with Crippen LogP contribution < -0.4 is 9.44 Å². The lowest BCUT2D eigenvalue weighted by atomic mass is 10.6. The summed E-state index contributed by atoms with van der Waals surface area (Å²) in [5.74, 6) is -0.339. The summed E-state index contributed by atoms with van der Waals surface area (Å²) in [6.07, 6.45) is 0. The van der Waals surface area contributed by atoms with Crippen molar-refractivity contribution >= 4 is 43.0 Å². The smallest absolute Gasteiger partial charge is 0.229 e. The van der Waals surface area contributed by atoms with Crippen molar-refractivity contribution in [1.82, 2.24) is 14.4 Å². The molecule has 1 rings (SSSR count). The SMILES string of the molecule is CNS(=O)(=O)CCNS(=O)(=O)c1sc(Cl)nc1C. The van der Waals surface area contributed by atoms with Crippen molar-refractivity contribution in [2.24, 2.45) is 0 Å². The highest BCUT2D eigenvalue weighted by molar-refractivity contribution is 7.92. The van der Waals surface area contributed by atoms with Gasteiger partial charge in [-0.25, -0.2) is 31.3 Å². The van der Waals surface area contributed by atoms with Crippen LogP contribution in [0.1, 0.15) is 5.69 Å². The summed E-state index contributed by atoms with van der Waals surface area (Å²) in [4.78, 5) is 3.78. The van der Waals surface area contributed by atoms with Crippen molar-refractivity contribution in [3.63, 3.8) is 0 Å². The first-order chi connectivity index (χ1) is 8.18. The summed E-state index contributed by atoms with van der Waals surface area (Å²) in [6.45, 7) is 1.29. The molecule has 18 heavy (non-hydrogen) atoms. The number of aromatic nitrogens is 1. The summed E-state index contributed by atoms with van der Waals surface area (Å²) in [7, 11) is -5.95. The highest BCUT2D eigenvalue weighted by Crippen LogP contribution is 2.26. The van der Waals surface area contributed by atoms with Gasteiger partial charge in [-0.15, -0.1) is 0 Å². The summed E-state index contributed by atoms with van der Waals surface area (Å²) < 4.78 is 50.3. The first kappa shape index (κ1) is 15.8. The van der Waals surface area contributed by atoms with Crippen molar-refractivity contribution in [2.45, 2.75) is 11.1 Å². The van der Waals surface area contributed by atoms with E-state index in [1.807, 2.05) is 0 Å². The molecule has 1 heterocycles. The van der Waals surface area contributed by atoms with Gasteiger partial charge in [-0.05, 0) is 14.0 Å². The molecular weight excluding hydrogens is 322 g/mol. The number of thiazole rings is 1. The fourth-order valence-corrected chi connectivity index (χ4v) is 4.60. The largest absolute Gasteiger partial charge is 0.252 e. The van der Waals surface area contributed by atoms with Gasteiger partial charge in [0.05, 0.1) is 11.4 Å². The summed E-state index contributed by atoms with van der Waals surface area (Å²) in [5.41, 5.74) is 0.286. The third kappa shape index (κ3) is 4.14. The fourth-order valence-electron chi connectivity index (χ4n) is 1.08. The van der Waals surface area contributed by atoms with Crippen LogP contribution >= 0.6 is 22.9 Å². The molecule has 7 nitrogen and oxygen atoms in total. The third-order valence-electron chi connectivity index (χ3n) is 1.95. The number of nitrogens with one attached hydrogen (secondary N) is 2. The van der Waals surface area contributed by atoms with Crippen LogP contribution in [0, 0.1) is 6.92 Å². The first-order valence-electron chi connectivity index (χ1n) is 4.72. The van der Waals surface area contributed by atoms with E-state index in [1.165, 1.54) is 14.0 Å². The van der Waals surface area contributed by atoms with E-state index in [0.29, 0.717) is 0 Å². The lowest BCUT2D eigenvalue weighted by molar-refractivity contribution is 0.579. The number of hydrogen-bond donors (Lipinski definition) is 2. The van der Waals surface area contributed by atoms with E-state index in [0.717, 1.165) is 11.3 Å². The molecule has 0 amide bonds. The number of halogens is 1. The van der Waals surface area contributed by atoms with Gasteiger partial charge in [-0.3, -0.25) is 0 Å². The van der Waals surface area contributed by atoms with Crippen molar-refractivity contribution in [2.75, 3.05) is 19.3 Å². The molecule has 0 atom stereocenters. The van der Waals surface area contributed by atoms with Gasteiger partial charge in [0, 0.05) is 6.54 Å². The Hall–Kier alpha value is -0.260. The lowest BCUT2D eigenvalue weighted by Crippen LogP contribution is -2.32. The summed E-state index contributed by atoms with van der Waals surface area (Å²) in [5, 5.41) is 0. The molecule has 2 N–H and O–H groups in total. The van der Waals surface area contributed by atoms with Crippen molar-refractivity contribution in [3.8, 4) is 0 Å². The Morgan fingerprint density at radius 1 is 1.33 bits per heavy atom. The molecule has 0 saturated heterocycles. The predicted molar refractivity (Wildman–Crippen MR) is 69.9 cm³/mol. The number of aryl methyl sites for hydroxylation is 1. The minimum Gasteiger partial charge on any atom is -0.229 e. The molecule has 0 aromatic carbocycles. The van der Waals surface area contributed by atoms with Gasteiger partial charge in [-0.1, -0.05) is 22.9 Å². The monoisotopic (exact) mass is 333 g/mol. The summed E-state index contributed by atoms with van der Waals surface area (Å²) in [6, 6.07) is 0. The van der Waals surface area contributed by atoms with Gasteiger partial charge in [0.15, 0.2) is 8.68 Å². The average Bonchev–Trinajstić information content (AvgIpc) is 2.58. The Morgan fingerprint density at radius 2 is 1.94 bits per heavy atom. The van der Waals surface area contributed by atoms with Crippen LogP contribution in [0.25, 0.3) is 0 Å². The molecule has 0 unspecified atom stereocenters. The van der Waals surface area contributed by atoms with Crippen LogP contribution in [-0.2, 0) is 20.0 Å². The highest BCUT2D eigenvalue weighted by Gasteiger charge is 2.21. The van der Waals surface area contributed by atoms with E-state index in [2.05, 4.69) is 14.4 Å². The van der Waals surface area contributed by atoms with Crippen LogP contribution in [0.4, 0.5) is 0 Å². The van der Waals surface area contributed by atoms with Crippen molar-refractivity contribution in [3.05, 3.63) is 10.2 Å². The molecule has 0 radical (unpaired) electrons. The Labute approximate surface area is 115 Å². The Kier molecular flexibility index (Phi) is 5.09. The molecule has 0 saturated carbocycles. The van der Waals surface area contributed by atoms with Gasteiger partial charge >= 0.3 is 0 Å². The minimum atomic E-state index is -3.77. The standard InChI is InChI=1S/C7H12ClN3O4S3/c1-5-6(16-7(8)11-5)18(14,15)10-3-4-17(12,13)9-2/h9-10H,3-4H2,1-2H3. The van der Waals surface area contributed by atoms with Crippen molar-refractivity contribution < 1.29 is 16.8 Å². The van der Waals surface area contributed by atoms with Crippen LogP contribution in [0.15, 0.2) is 4.21 Å². The Morgan fingerprint density at radius 3 is 2.39 bits per heavy atom. The predicted octanol–water partition coefficient (Wildman–Crippen LogP) is -0.0676. The molecule has 0 aliphatic rings. The second-order valence-corrected chi connectivity index (χ2v) is 8.85. The topological polar surface area (TPSA) is 105 Å². The molecule has 0 aliphatic carbocycles.